The summed E-state index contributed by atoms with van der Waals surface area (Å²) in [4.78, 5) is 2.42. The Bertz CT molecular complexity index is 398. The Morgan fingerprint density at radius 1 is 1.40 bits per heavy atom. The molecule has 1 atom stereocenters. The Balaban J connectivity index is 2.22. The fourth-order valence-electron chi connectivity index (χ4n) is 3.12. The fourth-order valence-corrected chi connectivity index (χ4v) is 3.12. The maximum Gasteiger partial charge on any atom is 0.0432 e. The molecule has 0 spiro atoms. The average Bonchev–Trinajstić information content (AvgIpc) is 2.43. The second-order valence-electron chi connectivity index (χ2n) is 4.84. The Morgan fingerprint density at radius 3 is 3.13 bits per heavy atom. The molecule has 0 unspecified atom stereocenters. The zero-order chi connectivity index (χ0) is 10.4. The van der Waals surface area contributed by atoms with Gasteiger partial charge in [-0.3, -0.25) is 0 Å². The highest BCUT2D eigenvalue weighted by molar-refractivity contribution is 5.67. The molecule has 0 aromatic heterocycles. The molecule has 0 aliphatic carbocycles. The van der Waals surface area contributed by atoms with Crippen LogP contribution in [0.5, 0.6) is 0 Å². The van der Waals surface area contributed by atoms with Gasteiger partial charge in [0.15, 0.2) is 0 Å². The minimum Gasteiger partial charge on any atom is -0.373 e. The van der Waals surface area contributed by atoms with E-state index in [1.54, 1.807) is 11.1 Å². The summed E-state index contributed by atoms with van der Waals surface area (Å²) in [6, 6.07) is 4.60. The Kier molecular flexibility index (Phi) is 1.99. The van der Waals surface area contributed by atoms with Crippen molar-refractivity contribution in [2.24, 2.45) is 0 Å². The summed E-state index contributed by atoms with van der Waals surface area (Å²) >= 11 is 0. The van der Waals surface area contributed by atoms with E-state index < -0.39 is 0 Å². The molecule has 2 heteroatoms. The molecule has 1 aromatic carbocycles. The van der Waals surface area contributed by atoms with Crippen molar-refractivity contribution >= 4 is 5.69 Å². The van der Waals surface area contributed by atoms with Crippen LogP contribution in [-0.2, 0) is 6.42 Å². The molecule has 3 rings (SSSR count). The third-order valence-electron chi connectivity index (χ3n) is 3.76. The topological polar surface area (TPSA) is 15.3 Å². The van der Waals surface area contributed by atoms with Gasteiger partial charge in [0.05, 0.1) is 0 Å². The van der Waals surface area contributed by atoms with Crippen LogP contribution in [0.25, 0.3) is 0 Å². The molecule has 0 saturated carbocycles. The van der Waals surface area contributed by atoms with Crippen molar-refractivity contribution in [1.82, 2.24) is 5.32 Å². The quantitative estimate of drug-likeness (QED) is 0.688. The van der Waals surface area contributed by atoms with Crippen molar-refractivity contribution in [1.29, 1.82) is 0 Å². The molecule has 80 valence electrons. The lowest BCUT2D eigenvalue weighted by atomic mass is 9.93. The summed E-state index contributed by atoms with van der Waals surface area (Å²) in [5, 5.41) is 3.54. The largest absolute Gasteiger partial charge is 0.373 e. The van der Waals surface area contributed by atoms with Gasteiger partial charge < -0.3 is 10.2 Å². The van der Waals surface area contributed by atoms with Gasteiger partial charge in [-0.2, -0.15) is 0 Å². The molecular weight excluding hydrogens is 184 g/mol. The van der Waals surface area contributed by atoms with Gasteiger partial charge in [0.25, 0.3) is 0 Å². The summed E-state index contributed by atoms with van der Waals surface area (Å²) in [5.74, 6) is 0.711. The molecule has 2 aliphatic heterocycles. The lowest BCUT2D eigenvalue weighted by Gasteiger charge is -2.16. The molecule has 0 bridgehead atoms. The third kappa shape index (κ3) is 1.28. The van der Waals surface area contributed by atoms with Crippen LogP contribution in [0.15, 0.2) is 12.1 Å². The second-order valence-corrected chi connectivity index (χ2v) is 4.84. The average molecular weight is 202 g/mol. The standard InChI is InChI=1S/C13H18N2/c1-9-3-4-10-5-6-14-7-11-8-15(2)13(9)12(10)11/h3-4,11,14H,5-8H2,1-2H3/t11-/m1/s1. The maximum atomic E-state index is 3.54. The normalized spacial score (nSPS) is 23.9. The number of benzene rings is 1. The van der Waals surface area contributed by atoms with Gasteiger partial charge in [0.2, 0.25) is 0 Å². The first-order valence-corrected chi connectivity index (χ1v) is 5.81. The van der Waals surface area contributed by atoms with Crippen LogP contribution in [0.1, 0.15) is 22.6 Å². The number of rotatable bonds is 0. The van der Waals surface area contributed by atoms with Crippen molar-refractivity contribution in [3.63, 3.8) is 0 Å². The van der Waals surface area contributed by atoms with Gasteiger partial charge in [0, 0.05) is 31.7 Å². The summed E-state index contributed by atoms with van der Waals surface area (Å²) in [5.41, 5.74) is 6.12. The van der Waals surface area contributed by atoms with E-state index in [-0.39, 0.29) is 0 Å². The highest BCUT2D eigenvalue weighted by atomic mass is 15.1. The molecule has 1 aromatic rings. The van der Waals surface area contributed by atoms with Crippen LogP contribution >= 0.6 is 0 Å². The number of nitrogens with zero attached hydrogens (tertiary/aromatic N) is 1. The molecule has 2 heterocycles. The predicted molar refractivity (Wildman–Crippen MR) is 63.8 cm³/mol. The minimum absolute atomic E-state index is 0.711. The molecule has 2 nitrogen and oxygen atoms in total. The van der Waals surface area contributed by atoms with E-state index in [0.717, 1.165) is 13.1 Å². The van der Waals surface area contributed by atoms with Gasteiger partial charge in [0.1, 0.15) is 0 Å². The first-order chi connectivity index (χ1) is 7.27. The van der Waals surface area contributed by atoms with Gasteiger partial charge >= 0.3 is 0 Å². The number of anilines is 1. The molecule has 0 fully saturated rings. The van der Waals surface area contributed by atoms with Crippen molar-refractivity contribution in [2.75, 3.05) is 31.6 Å². The summed E-state index contributed by atoms with van der Waals surface area (Å²) in [6.07, 6.45) is 1.19. The Labute approximate surface area is 91.3 Å². The smallest absolute Gasteiger partial charge is 0.0432 e. The molecule has 0 radical (unpaired) electrons. The van der Waals surface area contributed by atoms with Crippen LogP contribution in [-0.4, -0.2) is 26.7 Å². The second kappa shape index (κ2) is 3.24. The van der Waals surface area contributed by atoms with Crippen LogP contribution in [0.2, 0.25) is 0 Å². The minimum atomic E-state index is 0.711. The highest BCUT2D eigenvalue weighted by Gasteiger charge is 2.30. The first kappa shape index (κ1) is 9.22. The number of likely N-dealkylation sites (N-methyl/N-ethyl adjacent to an activating group) is 1. The highest BCUT2D eigenvalue weighted by Crippen LogP contribution is 2.40. The van der Waals surface area contributed by atoms with Crippen molar-refractivity contribution in [3.8, 4) is 0 Å². The summed E-state index contributed by atoms with van der Waals surface area (Å²) in [6.45, 7) is 5.69. The molecule has 0 amide bonds. The number of aryl methyl sites for hydroxylation is 1. The van der Waals surface area contributed by atoms with Gasteiger partial charge in [-0.15, -0.1) is 0 Å². The van der Waals surface area contributed by atoms with Crippen LogP contribution in [0, 0.1) is 6.92 Å². The van der Waals surface area contributed by atoms with Crippen LogP contribution in [0.4, 0.5) is 5.69 Å². The zero-order valence-electron chi connectivity index (χ0n) is 9.51. The monoisotopic (exact) mass is 202 g/mol. The lowest BCUT2D eigenvalue weighted by Crippen LogP contribution is -2.24. The van der Waals surface area contributed by atoms with E-state index in [2.05, 4.69) is 36.3 Å². The lowest BCUT2D eigenvalue weighted by molar-refractivity contribution is 0.625. The fraction of sp³-hybridized carbons (Fsp3) is 0.538. The Hall–Kier alpha value is -1.02. The number of hydrogen-bond donors (Lipinski definition) is 1. The molecule has 2 aliphatic rings. The SMILES string of the molecule is Cc1ccc2c3c1N(C)C[C@H]3CNCC2. The summed E-state index contributed by atoms with van der Waals surface area (Å²) in [7, 11) is 2.22. The van der Waals surface area contributed by atoms with Crippen molar-refractivity contribution < 1.29 is 0 Å². The van der Waals surface area contributed by atoms with E-state index in [0.29, 0.717) is 5.92 Å². The molecule has 15 heavy (non-hydrogen) atoms. The molecular formula is C13H18N2. The van der Waals surface area contributed by atoms with Crippen LogP contribution in [0.3, 0.4) is 0 Å². The van der Waals surface area contributed by atoms with Gasteiger partial charge in [-0.05, 0) is 36.6 Å². The first-order valence-electron chi connectivity index (χ1n) is 5.81. The zero-order valence-corrected chi connectivity index (χ0v) is 9.51. The van der Waals surface area contributed by atoms with E-state index >= 15 is 0 Å². The van der Waals surface area contributed by atoms with E-state index in [1.165, 1.54) is 24.2 Å². The number of nitrogens with one attached hydrogen (secondary N) is 1. The van der Waals surface area contributed by atoms with Crippen molar-refractivity contribution in [3.05, 3.63) is 28.8 Å². The van der Waals surface area contributed by atoms with E-state index in [4.69, 9.17) is 0 Å². The van der Waals surface area contributed by atoms with Gasteiger partial charge in [-0.1, -0.05) is 12.1 Å². The van der Waals surface area contributed by atoms with E-state index in [1.807, 2.05) is 0 Å². The number of hydrogen-bond acceptors (Lipinski definition) is 2. The van der Waals surface area contributed by atoms with Gasteiger partial charge in [-0.25, -0.2) is 0 Å². The third-order valence-corrected chi connectivity index (χ3v) is 3.76. The predicted octanol–water partition coefficient (Wildman–Crippen LogP) is 1.67. The van der Waals surface area contributed by atoms with Crippen molar-refractivity contribution in [2.45, 2.75) is 19.3 Å². The van der Waals surface area contributed by atoms with E-state index in [9.17, 15) is 0 Å². The summed E-state index contributed by atoms with van der Waals surface area (Å²) < 4.78 is 0. The van der Waals surface area contributed by atoms with Crippen LogP contribution < -0.4 is 10.2 Å². The Morgan fingerprint density at radius 2 is 2.27 bits per heavy atom. The maximum absolute atomic E-state index is 3.54. The molecule has 1 N–H and O–H groups in total. The molecule has 0 saturated heterocycles.